The van der Waals surface area contributed by atoms with Crippen LogP contribution in [-0.2, 0) is 19.5 Å². The maximum Gasteiger partial charge on any atom is 0.427 e. The Morgan fingerprint density at radius 2 is 1.79 bits per heavy atom. The summed E-state index contributed by atoms with van der Waals surface area (Å²) in [7, 11) is -3.81. The molecule has 0 saturated carbocycles. The molecule has 1 amide bonds. The lowest BCUT2D eigenvalue weighted by Crippen LogP contribution is -2.58. The number of hydrogen-bond donors (Lipinski definition) is 1. The van der Waals surface area contributed by atoms with Crippen molar-refractivity contribution >= 4 is 16.1 Å². The van der Waals surface area contributed by atoms with Crippen LogP contribution in [0.5, 0.6) is 5.75 Å². The Bertz CT molecular complexity index is 946. The number of hydrogen-bond acceptors (Lipinski definition) is 7. The molecule has 34 heavy (non-hydrogen) atoms. The number of ether oxygens (including phenoxy) is 3. The molecule has 9 nitrogen and oxygen atoms in total. The summed E-state index contributed by atoms with van der Waals surface area (Å²) in [5.41, 5.74) is -0.858. The van der Waals surface area contributed by atoms with E-state index in [4.69, 9.17) is 14.6 Å². The number of halogens is 3. The third-order valence-electron chi connectivity index (χ3n) is 5.75. The summed E-state index contributed by atoms with van der Waals surface area (Å²) in [6, 6.07) is 6.14. The zero-order valence-corrected chi connectivity index (χ0v) is 19.8. The van der Waals surface area contributed by atoms with Gasteiger partial charge in [0.25, 0.3) is 0 Å². The first-order valence-corrected chi connectivity index (χ1v) is 12.3. The van der Waals surface area contributed by atoms with Crippen LogP contribution < -0.4 is 4.74 Å². The maximum absolute atomic E-state index is 13.2. The second kappa shape index (κ2) is 10.3. The third-order valence-corrected chi connectivity index (χ3v) is 7.61. The molecule has 2 fully saturated rings. The van der Waals surface area contributed by atoms with Gasteiger partial charge < -0.3 is 24.2 Å². The second-order valence-electron chi connectivity index (χ2n) is 8.59. The van der Waals surface area contributed by atoms with Crippen molar-refractivity contribution in [2.24, 2.45) is 0 Å². The van der Waals surface area contributed by atoms with Crippen LogP contribution in [0.1, 0.15) is 26.7 Å². The van der Waals surface area contributed by atoms with E-state index >= 15 is 0 Å². The van der Waals surface area contributed by atoms with Crippen LogP contribution in [0, 0.1) is 0 Å². The van der Waals surface area contributed by atoms with Crippen molar-refractivity contribution in [3.63, 3.8) is 0 Å². The van der Waals surface area contributed by atoms with Gasteiger partial charge in [-0.3, -0.25) is 0 Å². The number of benzene rings is 1. The summed E-state index contributed by atoms with van der Waals surface area (Å²) < 4.78 is 81.8. The van der Waals surface area contributed by atoms with E-state index in [1.807, 2.05) is 13.8 Å². The number of carbonyl (C=O) groups is 1. The molecule has 1 aromatic carbocycles. The van der Waals surface area contributed by atoms with Gasteiger partial charge in [-0.2, -0.15) is 17.5 Å². The molecule has 2 saturated heterocycles. The maximum atomic E-state index is 13.2. The molecule has 1 atom stereocenters. The Morgan fingerprint density at radius 1 is 1.18 bits per heavy atom. The molecular formula is C21H29F3N2O7S. The summed E-state index contributed by atoms with van der Waals surface area (Å²) in [4.78, 5) is 13.3. The van der Waals surface area contributed by atoms with Crippen molar-refractivity contribution in [2.45, 2.75) is 55.6 Å². The summed E-state index contributed by atoms with van der Waals surface area (Å²) in [6.45, 7) is 2.79. The van der Waals surface area contributed by atoms with Gasteiger partial charge in [-0.1, -0.05) is 0 Å². The van der Waals surface area contributed by atoms with Crippen LogP contribution in [0.25, 0.3) is 0 Å². The highest BCUT2D eigenvalue weighted by molar-refractivity contribution is 7.89. The van der Waals surface area contributed by atoms with E-state index < -0.39 is 40.6 Å². The van der Waals surface area contributed by atoms with Crippen molar-refractivity contribution in [1.82, 2.24) is 9.21 Å². The molecule has 13 heteroatoms. The number of aliphatic hydroxyl groups excluding tert-OH is 1. The average molecular weight is 511 g/mol. The van der Waals surface area contributed by atoms with Gasteiger partial charge in [0.15, 0.2) is 0 Å². The first kappa shape index (κ1) is 26.5. The highest BCUT2D eigenvalue weighted by Crippen LogP contribution is 2.33. The zero-order valence-electron chi connectivity index (χ0n) is 19.0. The fourth-order valence-electron chi connectivity index (χ4n) is 3.93. The second-order valence-corrected chi connectivity index (χ2v) is 10.5. The van der Waals surface area contributed by atoms with Crippen molar-refractivity contribution in [2.75, 3.05) is 39.4 Å². The quantitative estimate of drug-likeness (QED) is 0.627. The minimum Gasteiger partial charge on any atom is -0.491 e. The van der Waals surface area contributed by atoms with E-state index in [1.165, 1.54) is 16.4 Å². The predicted molar refractivity (Wildman–Crippen MR) is 114 cm³/mol. The summed E-state index contributed by atoms with van der Waals surface area (Å²) in [5, 5.41) is 8.86. The number of likely N-dealkylation sites (tertiary alicyclic amines) is 1. The number of amides is 1. The standard InChI is InChI=1S/C21H29F3N2O7S/c1-15(2)32-16-3-5-17(6-4-16)34(29,30)26-11-12-31-20(14-26)7-9-25(10-8-20)19(28)33-18(13-27)21(22,23)24/h3-6,15,18,27H,7-14H2,1-2H3. The molecule has 2 aliphatic rings. The zero-order chi connectivity index (χ0) is 25.1. The van der Waals surface area contributed by atoms with Crippen LogP contribution in [0.15, 0.2) is 29.2 Å². The van der Waals surface area contributed by atoms with Gasteiger partial charge in [-0.15, -0.1) is 0 Å². The Balaban J connectivity index is 1.63. The lowest BCUT2D eigenvalue weighted by Gasteiger charge is -2.46. The molecular weight excluding hydrogens is 481 g/mol. The van der Waals surface area contributed by atoms with E-state index in [1.54, 1.807) is 12.1 Å². The number of carbonyl (C=O) groups excluding carboxylic acids is 1. The van der Waals surface area contributed by atoms with Gasteiger partial charge in [-0.05, 0) is 51.0 Å². The van der Waals surface area contributed by atoms with Crippen LogP contribution >= 0.6 is 0 Å². The number of alkyl halides is 3. The van der Waals surface area contributed by atoms with E-state index in [0.717, 1.165) is 4.90 Å². The molecule has 0 aromatic heterocycles. The molecule has 1 aromatic rings. The number of rotatable bonds is 6. The predicted octanol–water partition coefficient (Wildman–Crippen LogP) is 2.39. The van der Waals surface area contributed by atoms with Gasteiger partial charge in [0.1, 0.15) is 5.75 Å². The third kappa shape index (κ3) is 6.12. The van der Waals surface area contributed by atoms with E-state index in [2.05, 4.69) is 4.74 Å². The largest absolute Gasteiger partial charge is 0.491 e. The molecule has 1 spiro atoms. The van der Waals surface area contributed by atoms with Gasteiger partial charge >= 0.3 is 12.3 Å². The van der Waals surface area contributed by atoms with Gasteiger partial charge in [0.05, 0.1) is 29.8 Å². The normalized spacial score (nSPS) is 20.4. The number of piperidine rings is 1. The fourth-order valence-corrected chi connectivity index (χ4v) is 5.43. The Kier molecular flexibility index (Phi) is 8.00. The highest BCUT2D eigenvalue weighted by atomic mass is 32.2. The average Bonchev–Trinajstić information content (AvgIpc) is 2.77. The number of nitrogens with zero attached hydrogens (tertiary/aromatic N) is 2. The number of aliphatic hydroxyl groups is 1. The van der Waals surface area contributed by atoms with E-state index in [0.29, 0.717) is 5.75 Å². The van der Waals surface area contributed by atoms with Crippen molar-refractivity contribution < 1.29 is 45.7 Å². The SMILES string of the molecule is CC(C)Oc1ccc(S(=O)(=O)N2CCOC3(CCN(C(=O)OC(CO)C(F)(F)F)CC3)C2)cc1. The molecule has 0 bridgehead atoms. The fraction of sp³-hybridized carbons (Fsp3) is 0.667. The summed E-state index contributed by atoms with van der Waals surface area (Å²) in [5.74, 6) is 0.556. The molecule has 1 N–H and O–H groups in total. The van der Waals surface area contributed by atoms with Gasteiger partial charge in [0.2, 0.25) is 16.1 Å². The molecule has 0 aliphatic carbocycles. The van der Waals surface area contributed by atoms with Crippen molar-refractivity contribution in [3.05, 3.63) is 24.3 Å². The summed E-state index contributed by atoms with van der Waals surface area (Å²) in [6.07, 6.45) is -8.25. The van der Waals surface area contributed by atoms with Gasteiger partial charge in [0, 0.05) is 26.2 Å². The Morgan fingerprint density at radius 3 is 2.32 bits per heavy atom. The molecule has 0 radical (unpaired) electrons. The number of morpholine rings is 1. The topological polar surface area (TPSA) is 106 Å². The van der Waals surface area contributed by atoms with E-state index in [-0.39, 0.29) is 56.6 Å². The first-order valence-electron chi connectivity index (χ1n) is 10.9. The lowest BCUT2D eigenvalue weighted by molar-refractivity contribution is -0.215. The molecule has 192 valence electrons. The molecule has 2 heterocycles. The van der Waals surface area contributed by atoms with Gasteiger partial charge in [-0.25, -0.2) is 13.2 Å². The Labute approximate surface area is 196 Å². The summed E-state index contributed by atoms with van der Waals surface area (Å²) >= 11 is 0. The molecule has 3 rings (SSSR count). The first-order chi connectivity index (χ1) is 15.9. The molecule has 2 aliphatic heterocycles. The molecule has 1 unspecified atom stereocenters. The van der Waals surface area contributed by atoms with Crippen LogP contribution in [0.3, 0.4) is 0 Å². The minimum atomic E-state index is -4.87. The minimum absolute atomic E-state index is 0.0317. The van der Waals surface area contributed by atoms with Crippen molar-refractivity contribution in [3.8, 4) is 5.75 Å². The van der Waals surface area contributed by atoms with Crippen LogP contribution in [-0.4, -0.2) is 92.2 Å². The monoisotopic (exact) mass is 510 g/mol. The lowest BCUT2D eigenvalue weighted by atomic mass is 9.90. The highest BCUT2D eigenvalue weighted by Gasteiger charge is 2.46. The van der Waals surface area contributed by atoms with E-state index in [9.17, 15) is 26.4 Å². The van der Waals surface area contributed by atoms with Crippen LogP contribution in [0.2, 0.25) is 0 Å². The van der Waals surface area contributed by atoms with Crippen molar-refractivity contribution in [1.29, 1.82) is 0 Å². The Hall–Kier alpha value is -2.09. The van der Waals surface area contributed by atoms with Crippen LogP contribution in [0.4, 0.5) is 18.0 Å². The number of sulfonamides is 1. The smallest absolute Gasteiger partial charge is 0.427 e.